The molecule has 0 radical (unpaired) electrons. The molecule has 9 heteroatoms. The standard InChI is InChI=1S/C25H30N4O5/c1-3-33-20-16-17(10-11-19(20)30)22-21(24(32)34-4-2)23(31)27-25(26-22)29-14-12-28(13-15-29)18-8-6-5-7-9-18/h5-11,16,21-22,30H,3-4,12-15H2,1-2H3,(H,26,27,31). The van der Waals surface area contributed by atoms with Crippen LogP contribution in [-0.4, -0.2) is 67.2 Å². The first-order chi connectivity index (χ1) is 16.5. The van der Waals surface area contributed by atoms with Crippen LogP contribution in [0.3, 0.4) is 0 Å². The molecule has 4 rings (SSSR count). The third-order valence-electron chi connectivity index (χ3n) is 5.96. The van der Waals surface area contributed by atoms with E-state index in [1.807, 2.05) is 30.0 Å². The van der Waals surface area contributed by atoms with E-state index >= 15 is 0 Å². The number of phenolic OH excluding ortho intramolecular Hbond substituents is 1. The second kappa shape index (κ2) is 10.5. The van der Waals surface area contributed by atoms with Crippen molar-refractivity contribution in [3.8, 4) is 11.5 Å². The summed E-state index contributed by atoms with van der Waals surface area (Å²) in [6, 6.07) is 14.2. The fourth-order valence-electron chi connectivity index (χ4n) is 4.27. The number of hydrogen-bond donors (Lipinski definition) is 2. The molecule has 2 aromatic rings. The van der Waals surface area contributed by atoms with Crippen LogP contribution in [0.4, 0.5) is 5.69 Å². The number of guanidine groups is 1. The van der Waals surface area contributed by atoms with Gasteiger partial charge in [0, 0.05) is 31.9 Å². The van der Waals surface area contributed by atoms with E-state index in [-0.39, 0.29) is 18.1 Å². The SMILES string of the molecule is CCOC(=O)C1C(=O)NC(N2CCN(c3ccccc3)CC2)=NC1c1ccc(O)c(OCC)c1. The van der Waals surface area contributed by atoms with E-state index < -0.39 is 23.8 Å². The van der Waals surface area contributed by atoms with Crippen LogP contribution in [-0.2, 0) is 14.3 Å². The van der Waals surface area contributed by atoms with Crippen LogP contribution in [0.25, 0.3) is 0 Å². The first-order valence-electron chi connectivity index (χ1n) is 11.6. The highest BCUT2D eigenvalue weighted by Crippen LogP contribution is 2.36. The summed E-state index contributed by atoms with van der Waals surface area (Å²) in [6.45, 7) is 6.93. The first-order valence-corrected chi connectivity index (χ1v) is 11.6. The van der Waals surface area contributed by atoms with Crippen LogP contribution in [0.5, 0.6) is 11.5 Å². The van der Waals surface area contributed by atoms with Gasteiger partial charge in [0.15, 0.2) is 17.4 Å². The molecule has 0 bridgehead atoms. The van der Waals surface area contributed by atoms with Gasteiger partial charge in [-0.05, 0) is 43.7 Å². The molecule has 2 N–H and O–H groups in total. The van der Waals surface area contributed by atoms with Gasteiger partial charge in [-0.15, -0.1) is 0 Å². The van der Waals surface area contributed by atoms with Crippen LogP contribution < -0.4 is 15.0 Å². The number of amides is 1. The van der Waals surface area contributed by atoms with Crippen LogP contribution >= 0.6 is 0 Å². The van der Waals surface area contributed by atoms with Gasteiger partial charge in [0.25, 0.3) is 0 Å². The van der Waals surface area contributed by atoms with Crippen molar-refractivity contribution in [1.82, 2.24) is 10.2 Å². The number of carbonyl (C=O) groups excluding carboxylic acids is 2. The molecule has 1 fully saturated rings. The number of nitrogens with zero attached hydrogens (tertiary/aromatic N) is 3. The van der Waals surface area contributed by atoms with Gasteiger partial charge in [-0.2, -0.15) is 0 Å². The predicted molar refractivity (Wildman–Crippen MR) is 128 cm³/mol. The van der Waals surface area contributed by atoms with Crippen LogP contribution in [0.1, 0.15) is 25.5 Å². The van der Waals surface area contributed by atoms with Crippen molar-refractivity contribution in [3.05, 3.63) is 54.1 Å². The van der Waals surface area contributed by atoms with E-state index in [1.165, 1.54) is 6.07 Å². The van der Waals surface area contributed by atoms with Crippen LogP contribution in [0, 0.1) is 5.92 Å². The Labute approximate surface area is 199 Å². The van der Waals surface area contributed by atoms with Crippen LogP contribution in [0.15, 0.2) is 53.5 Å². The Morgan fingerprint density at radius 1 is 1.06 bits per heavy atom. The summed E-state index contributed by atoms with van der Waals surface area (Å²) in [7, 11) is 0. The number of ether oxygens (including phenoxy) is 2. The molecule has 2 aliphatic rings. The lowest BCUT2D eigenvalue weighted by molar-refractivity contribution is -0.153. The fraction of sp³-hybridized carbons (Fsp3) is 0.400. The van der Waals surface area contributed by atoms with Gasteiger partial charge in [0.1, 0.15) is 6.04 Å². The monoisotopic (exact) mass is 466 g/mol. The molecule has 0 aliphatic carbocycles. The van der Waals surface area contributed by atoms with Crippen molar-refractivity contribution in [2.24, 2.45) is 10.9 Å². The quantitative estimate of drug-likeness (QED) is 0.497. The van der Waals surface area contributed by atoms with Gasteiger partial charge >= 0.3 is 5.97 Å². The summed E-state index contributed by atoms with van der Waals surface area (Å²) in [5.41, 5.74) is 1.75. The maximum absolute atomic E-state index is 13.1. The summed E-state index contributed by atoms with van der Waals surface area (Å²) >= 11 is 0. The molecular weight excluding hydrogens is 436 g/mol. The highest BCUT2D eigenvalue weighted by molar-refractivity contribution is 6.08. The topological polar surface area (TPSA) is 104 Å². The molecular formula is C25H30N4O5. The van der Waals surface area contributed by atoms with E-state index in [0.717, 1.165) is 18.8 Å². The molecule has 0 aromatic heterocycles. The van der Waals surface area contributed by atoms with Gasteiger partial charge in [-0.3, -0.25) is 14.9 Å². The minimum absolute atomic E-state index is 0.0141. The maximum Gasteiger partial charge on any atom is 0.321 e. The van der Waals surface area contributed by atoms with E-state index in [4.69, 9.17) is 14.5 Å². The highest BCUT2D eigenvalue weighted by atomic mass is 16.5. The molecule has 2 aromatic carbocycles. The summed E-state index contributed by atoms with van der Waals surface area (Å²) in [6.07, 6.45) is 0. The zero-order valence-corrected chi connectivity index (χ0v) is 19.4. The number of piperazine rings is 1. The van der Waals surface area contributed by atoms with Crippen molar-refractivity contribution in [1.29, 1.82) is 0 Å². The molecule has 2 atom stereocenters. The van der Waals surface area contributed by atoms with Gasteiger partial charge in [0.2, 0.25) is 11.9 Å². The average molecular weight is 467 g/mol. The maximum atomic E-state index is 13.1. The number of aromatic hydroxyl groups is 1. The van der Waals surface area contributed by atoms with Crippen LogP contribution in [0.2, 0.25) is 0 Å². The number of anilines is 1. The number of esters is 1. The largest absolute Gasteiger partial charge is 0.504 e. The Balaban J connectivity index is 1.61. The number of para-hydroxylation sites is 1. The van der Waals surface area contributed by atoms with Crippen molar-refractivity contribution in [3.63, 3.8) is 0 Å². The number of nitrogens with one attached hydrogen (secondary N) is 1. The van der Waals surface area contributed by atoms with Crippen molar-refractivity contribution in [2.75, 3.05) is 44.3 Å². The zero-order valence-electron chi connectivity index (χ0n) is 19.4. The van der Waals surface area contributed by atoms with E-state index in [9.17, 15) is 14.7 Å². The Bertz CT molecular complexity index is 1050. The average Bonchev–Trinajstić information content (AvgIpc) is 2.86. The lowest BCUT2D eigenvalue weighted by Crippen LogP contribution is -2.57. The van der Waals surface area contributed by atoms with Crippen molar-refractivity contribution >= 4 is 23.5 Å². The van der Waals surface area contributed by atoms with Gasteiger partial charge < -0.3 is 24.4 Å². The van der Waals surface area contributed by atoms with Gasteiger partial charge in [-0.25, -0.2) is 4.99 Å². The molecule has 2 heterocycles. The molecule has 1 saturated heterocycles. The molecule has 0 spiro atoms. The minimum Gasteiger partial charge on any atom is -0.504 e. The lowest BCUT2D eigenvalue weighted by atomic mass is 9.91. The summed E-state index contributed by atoms with van der Waals surface area (Å²) in [5.74, 6) is -1.51. The Morgan fingerprint density at radius 3 is 2.44 bits per heavy atom. The second-order valence-electron chi connectivity index (χ2n) is 8.09. The molecule has 2 aliphatic heterocycles. The van der Waals surface area contributed by atoms with Crippen molar-refractivity contribution < 1.29 is 24.2 Å². The molecule has 180 valence electrons. The van der Waals surface area contributed by atoms with E-state index in [2.05, 4.69) is 22.3 Å². The molecule has 2 unspecified atom stereocenters. The second-order valence-corrected chi connectivity index (χ2v) is 8.09. The van der Waals surface area contributed by atoms with Gasteiger partial charge in [-0.1, -0.05) is 24.3 Å². The summed E-state index contributed by atoms with van der Waals surface area (Å²) in [5, 5.41) is 12.9. The number of carbonyl (C=O) groups is 2. The summed E-state index contributed by atoms with van der Waals surface area (Å²) < 4.78 is 10.7. The zero-order chi connectivity index (χ0) is 24.1. The van der Waals surface area contributed by atoms with Crippen molar-refractivity contribution in [2.45, 2.75) is 19.9 Å². The van der Waals surface area contributed by atoms with E-state index in [0.29, 0.717) is 31.2 Å². The Kier molecular flexibility index (Phi) is 7.20. The smallest absolute Gasteiger partial charge is 0.321 e. The first kappa shape index (κ1) is 23.4. The Morgan fingerprint density at radius 2 is 1.76 bits per heavy atom. The third kappa shape index (κ3) is 4.93. The third-order valence-corrected chi connectivity index (χ3v) is 5.96. The normalized spacial score (nSPS) is 20.4. The van der Waals surface area contributed by atoms with Gasteiger partial charge in [0.05, 0.1) is 13.2 Å². The Hall–Kier alpha value is -3.75. The number of benzene rings is 2. The predicted octanol–water partition coefficient (Wildman–Crippen LogP) is 2.32. The number of rotatable bonds is 6. The highest BCUT2D eigenvalue weighted by Gasteiger charge is 2.42. The number of hydrogen-bond acceptors (Lipinski definition) is 8. The molecule has 34 heavy (non-hydrogen) atoms. The molecule has 1 amide bonds. The molecule has 0 saturated carbocycles. The number of aliphatic imine (C=N–C) groups is 1. The fourth-order valence-corrected chi connectivity index (χ4v) is 4.27. The number of phenols is 1. The minimum atomic E-state index is -1.13. The molecule has 9 nitrogen and oxygen atoms in total. The van der Waals surface area contributed by atoms with E-state index in [1.54, 1.807) is 19.1 Å². The summed E-state index contributed by atoms with van der Waals surface area (Å²) in [4.78, 5) is 34.9. The lowest BCUT2D eigenvalue weighted by Gasteiger charge is -2.39.